The molecule has 1 aromatic rings. The van der Waals surface area contributed by atoms with E-state index < -0.39 is 11.7 Å². The van der Waals surface area contributed by atoms with Gasteiger partial charge in [-0.3, -0.25) is 4.99 Å². The van der Waals surface area contributed by atoms with Crippen molar-refractivity contribution >= 4 is 29.9 Å². The lowest BCUT2D eigenvalue weighted by Gasteiger charge is -2.24. The van der Waals surface area contributed by atoms with Crippen LogP contribution in [0.1, 0.15) is 19.4 Å². The number of halogens is 4. The Morgan fingerprint density at radius 3 is 2.44 bits per heavy atom. The van der Waals surface area contributed by atoms with Crippen molar-refractivity contribution in [1.29, 1.82) is 0 Å². The Balaban J connectivity index is 0.00000576. The molecule has 2 N–H and O–H groups in total. The first kappa shape index (κ1) is 23.8. The summed E-state index contributed by atoms with van der Waals surface area (Å²) in [4.78, 5) is 4.05. The Kier molecular flexibility index (Phi) is 10.2. The summed E-state index contributed by atoms with van der Waals surface area (Å²) in [5.41, 5.74) is -1.07. The molecule has 5 nitrogen and oxygen atoms in total. The smallest absolute Gasteiger partial charge is 0.416 e. The van der Waals surface area contributed by atoms with Crippen LogP contribution in [-0.2, 0) is 10.9 Å². The van der Waals surface area contributed by atoms with Gasteiger partial charge in [-0.05, 0) is 32.0 Å². The van der Waals surface area contributed by atoms with E-state index >= 15 is 0 Å². The fraction of sp³-hybridized carbons (Fsp3) is 0.562. The fourth-order valence-corrected chi connectivity index (χ4v) is 1.69. The highest BCUT2D eigenvalue weighted by molar-refractivity contribution is 14.0. The average molecular weight is 475 g/mol. The summed E-state index contributed by atoms with van der Waals surface area (Å²) in [5, 5.41) is 6.12. The number of benzene rings is 1. The number of nitrogens with zero attached hydrogens (tertiary/aromatic N) is 1. The summed E-state index contributed by atoms with van der Waals surface area (Å²) in [6, 6.07) is 4.80. The maximum absolute atomic E-state index is 12.6. The monoisotopic (exact) mass is 475 g/mol. The molecule has 0 spiro atoms. The Morgan fingerprint density at radius 1 is 1.20 bits per heavy atom. The molecule has 0 atom stereocenters. The summed E-state index contributed by atoms with van der Waals surface area (Å²) in [7, 11) is 3.25. The zero-order chi connectivity index (χ0) is 18.2. The van der Waals surface area contributed by atoms with Crippen LogP contribution < -0.4 is 15.4 Å². The normalized spacial score (nSPS) is 12.4. The molecule has 25 heavy (non-hydrogen) atoms. The quantitative estimate of drug-likeness (QED) is 0.275. The van der Waals surface area contributed by atoms with Gasteiger partial charge in [0.1, 0.15) is 12.4 Å². The second-order valence-corrected chi connectivity index (χ2v) is 5.69. The zero-order valence-electron chi connectivity index (χ0n) is 14.7. The molecule has 144 valence electrons. The van der Waals surface area contributed by atoms with Crippen molar-refractivity contribution in [3.05, 3.63) is 29.8 Å². The second-order valence-electron chi connectivity index (χ2n) is 5.69. The van der Waals surface area contributed by atoms with Gasteiger partial charge >= 0.3 is 6.18 Å². The van der Waals surface area contributed by atoms with Crippen molar-refractivity contribution in [2.24, 2.45) is 4.99 Å². The third kappa shape index (κ3) is 9.15. The average Bonchev–Trinajstić information content (AvgIpc) is 2.53. The third-order valence-corrected chi connectivity index (χ3v) is 3.28. The van der Waals surface area contributed by atoms with E-state index in [1.165, 1.54) is 12.1 Å². The van der Waals surface area contributed by atoms with Crippen molar-refractivity contribution in [3.63, 3.8) is 0 Å². The van der Waals surface area contributed by atoms with E-state index in [1.54, 1.807) is 14.2 Å². The molecule has 0 bridgehead atoms. The van der Waals surface area contributed by atoms with Gasteiger partial charge in [0, 0.05) is 20.7 Å². The second kappa shape index (κ2) is 10.7. The number of guanidine groups is 1. The van der Waals surface area contributed by atoms with E-state index in [1.807, 2.05) is 13.8 Å². The first-order chi connectivity index (χ1) is 11.2. The molecule has 0 heterocycles. The maximum atomic E-state index is 12.6. The van der Waals surface area contributed by atoms with Crippen LogP contribution in [0.25, 0.3) is 0 Å². The van der Waals surface area contributed by atoms with Gasteiger partial charge in [0.2, 0.25) is 0 Å². The first-order valence-corrected chi connectivity index (χ1v) is 7.47. The summed E-state index contributed by atoms with van der Waals surface area (Å²) in [6.07, 6.45) is -4.38. The van der Waals surface area contributed by atoms with Gasteiger partial charge < -0.3 is 20.1 Å². The van der Waals surface area contributed by atoms with E-state index in [0.29, 0.717) is 19.0 Å². The third-order valence-electron chi connectivity index (χ3n) is 3.28. The molecule has 9 heteroatoms. The predicted molar refractivity (Wildman–Crippen MR) is 103 cm³/mol. The Bertz CT molecular complexity index is 552. The number of aliphatic imine (C=N–C) groups is 1. The van der Waals surface area contributed by atoms with Gasteiger partial charge in [-0.1, -0.05) is 6.07 Å². The predicted octanol–water partition coefficient (Wildman–Crippen LogP) is 3.29. The minimum Gasteiger partial charge on any atom is -0.492 e. The molecule has 0 aliphatic carbocycles. The summed E-state index contributed by atoms with van der Waals surface area (Å²) >= 11 is 0. The number of rotatable bonds is 7. The summed E-state index contributed by atoms with van der Waals surface area (Å²) in [6.45, 7) is 5.02. The SMILES string of the molecule is CN=C(NCCOc1cccc(C(F)(F)F)c1)NCC(C)(C)OC.I. The Morgan fingerprint density at radius 2 is 1.88 bits per heavy atom. The highest BCUT2D eigenvalue weighted by Gasteiger charge is 2.30. The van der Waals surface area contributed by atoms with Crippen LogP contribution in [0.3, 0.4) is 0 Å². The van der Waals surface area contributed by atoms with Gasteiger partial charge in [-0.25, -0.2) is 0 Å². The summed E-state index contributed by atoms with van der Waals surface area (Å²) < 4.78 is 48.5. The molecular formula is C16H25F3IN3O2. The largest absolute Gasteiger partial charge is 0.492 e. The number of alkyl halides is 3. The van der Waals surface area contributed by atoms with Crippen LogP contribution in [0.2, 0.25) is 0 Å². The van der Waals surface area contributed by atoms with Crippen molar-refractivity contribution in [2.75, 3.05) is 33.9 Å². The summed E-state index contributed by atoms with van der Waals surface area (Å²) in [5.74, 6) is 0.739. The molecule has 0 unspecified atom stereocenters. The van der Waals surface area contributed by atoms with Gasteiger partial charge in [-0.15, -0.1) is 24.0 Å². The van der Waals surface area contributed by atoms with E-state index in [9.17, 15) is 13.2 Å². The molecule has 0 radical (unpaired) electrons. The van der Waals surface area contributed by atoms with Crippen molar-refractivity contribution < 1.29 is 22.6 Å². The lowest BCUT2D eigenvalue weighted by molar-refractivity contribution is -0.137. The molecule has 0 aromatic heterocycles. The minimum atomic E-state index is -4.38. The van der Waals surface area contributed by atoms with E-state index in [4.69, 9.17) is 9.47 Å². The Labute approximate surface area is 163 Å². The minimum absolute atomic E-state index is 0. The molecule has 0 amide bonds. The number of ether oxygens (including phenoxy) is 2. The zero-order valence-corrected chi connectivity index (χ0v) is 17.1. The van der Waals surface area contributed by atoms with E-state index in [2.05, 4.69) is 15.6 Å². The van der Waals surface area contributed by atoms with Gasteiger partial charge in [0.25, 0.3) is 0 Å². The van der Waals surface area contributed by atoms with Crippen molar-refractivity contribution in [3.8, 4) is 5.75 Å². The molecule has 0 saturated heterocycles. The Hall–Kier alpha value is -1.23. The number of methoxy groups -OCH3 is 1. The van der Waals surface area contributed by atoms with E-state index in [-0.39, 0.29) is 41.9 Å². The number of hydrogen-bond acceptors (Lipinski definition) is 3. The van der Waals surface area contributed by atoms with Gasteiger partial charge in [0.05, 0.1) is 17.7 Å². The highest BCUT2D eigenvalue weighted by Crippen LogP contribution is 2.31. The standard InChI is InChI=1S/C16H24F3N3O2.HI/c1-15(2,23-4)11-22-14(20-3)21-8-9-24-13-7-5-6-12(10-13)16(17,18)19;/h5-7,10H,8-9,11H2,1-4H3,(H2,20,21,22);1H. The molecule has 0 saturated carbocycles. The first-order valence-electron chi connectivity index (χ1n) is 7.47. The van der Waals surface area contributed by atoms with Crippen LogP contribution >= 0.6 is 24.0 Å². The van der Waals surface area contributed by atoms with Gasteiger partial charge in [-0.2, -0.15) is 13.2 Å². The molecule has 1 rings (SSSR count). The number of hydrogen-bond donors (Lipinski definition) is 2. The van der Waals surface area contributed by atoms with E-state index in [0.717, 1.165) is 12.1 Å². The van der Waals surface area contributed by atoms with Crippen LogP contribution in [0, 0.1) is 0 Å². The molecule has 0 aliphatic heterocycles. The van der Waals surface area contributed by atoms with Gasteiger partial charge in [0.15, 0.2) is 5.96 Å². The van der Waals surface area contributed by atoms with Crippen LogP contribution in [-0.4, -0.2) is 45.4 Å². The van der Waals surface area contributed by atoms with Crippen LogP contribution in [0.15, 0.2) is 29.3 Å². The molecule has 0 aliphatic rings. The maximum Gasteiger partial charge on any atom is 0.416 e. The van der Waals surface area contributed by atoms with Crippen LogP contribution in [0.5, 0.6) is 5.75 Å². The van der Waals surface area contributed by atoms with Crippen molar-refractivity contribution in [2.45, 2.75) is 25.6 Å². The van der Waals surface area contributed by atoms with Crippen LogP contribution in [0.4, 0.5) is 13.2 Å². The molecule has 0 fully saturated rings. The molecular weight excluding hydrogens is 450 g/mol. The van der Waals surface area contributed by atoms with Crippen molar-refractivity contribution in [1.82, 2.24) is 10.6 Å². The lowest BCUT2D eigenvalue weighted by Crippen LogP contribution is -2.46. The number of nitrogens with one attached hydrogen (secondary N) is 2. The highest BCUT2D eigenvalue weighted by atomic mass is 127. The molecule has 1 aromatic carbocycles. The fourth-order valence-electron chi connectivity index (χ4n) is 1.69. The topological polar surface area (TPSA) is 54.9 Å². The lowest BCUT2D eigenvalue weighted by atomic mass is 10.1.